The van der Waals surface area contributed by atoms with E-state index >= 15 is 0 Å². The standard InChI is InChI=1S/C15H24N4O2/c1-19-7-4-11(5-8-19)3-6-17-14-9-12(15(20)21-2)13(16)10-18-14/h9-11H,3-8,16H2,1-2H3,(H,17,18). The second-order valence-electron chi connectivity index (χ2n) is 5.61. The molecule has 1 aliphatic heterocycles. The zero-order chi connectivity index (χ0) is 15.2. The van der Waals surface area contributed by atoms with Gasteiger partial charge >= 0.3 is 5.97 Å². The third-order valence-electron chi connectivity index (χ3n) is 4.04. The fraction of sp³-hybridized carbons (Fsp3) is 0.600. The molecule has 0 bridgehead atoms. The number of anilines is 2. The highest BCUT2D eigenvalue weighted by atomic mass is 16.5. The minimum Gasteiger partial charge on any atom is -0.465 e. The quantitative estimate of drug-likeness (QED) is 0.802. The van der Waals surface area contributed by atoms with E-state index in [1.165, 1.54) is 39.2 Å². The molecule has 2 heterocycles. The van der Waals surface area contributed by atoms with E-state index in [-0.39, 0.29) is 0 Å². The number of rotatable bonds is 5. The van der Waals surface area contributed by atoms with Gasteiger partial charge in [-0.1, -0.05) is 0 Å². The number of pyridine rings is 1. The van der Waals surface area contributed by atoms with Gasteiger partial charge in [0.15, 0.2) is 0 Å². The Bertz CT molecular complexity index is 485. The van der Waals surface area contributed by atoms with E-state index in [2.05, 4.69) is 22.2 Å². The molecule has 0 atom stereocenters. The van der Waals surface area contributed by atoms with Crippen molar-refractivity contribution in [2.24, 2.45) is 5.92 Å². The number of nitrogen functional groups attached to an aromatic ring is 1. The molecule has 21 heavy (non-hydrogen) atoms. The van der Waals surface area contributed by atoms with Gasteiger partial charge in [-0.3, -0.25) is 0 Å². The van der Waals surface area contributed by atoms with Crippen LogP contribution >= 0.6 is 0 Å². The maximum Gasteiger partial charge on any atom is 0.340 e. The number of carbonyl (C=O) groups excluding carboxylic acids is 1. The SMILES string of the molecule is COC(=O)c1cc(NCCC2CCN(C)CC2)ncc1N. The number of hydrogen-bond acceptors (Lipinski definition) is 6. The Hall–Kier alpha value is -1.82. The molecule has 0 aliphatic carbocycles. The topological polar surface area (TPSA) is 80.5 Å². The first-order valence-corrected chi connectivity index (χ1v) is 7.36. The Balaban J connectivity index is 1.84. The molecule has 1 aromatic heterocycles. The highest BCUT2D eigenvalue weighted by Gasteiger charge is 2.16. The fourth-order valence-electron chi connectivity index (χ4n) is 2.60. The van der Waals surface area contributed by atoms with Crippen LogP contribution in [-0.2, 0) is 4.74 Å². The number of piperidine rings is 1. The van der Waals surface area contributed by atoms with Crippen LogP contribution in [0.15, 0.2) is 12.3 Å². The number of nitrogens with one attached hydrogen (secondary N) is 1. The van der Waals surface area contributed by atoms with Gasteiger partial charge < -0.3 is 20.7 Å². The van der Waals surface area contributed by atoms with Crippen LogP contribution in [0.3, 0.4) is 0 Å². The molecular weight excluding hydrogens is 268 g/mol. The van der Waals surface area contributed by atoms with E-state index in [4.69, 9.17) is 10.5 Å². The normalized spacial score (nSPS) is 16.7. The van der Waals surface area contributed by atoms with Crippen molar-refractivity contribution < 1.29 is 9.53 Å². The van der Waals surface area contributed by atoms with Crippen LogP contribution in [0.4, 0.5) is 11.5 Å². The van der Waals surface area contributed by atoms with Crippen LogP contribution in [0, 0.1) is 5.92 Å². The van der Waals surface area contributed by atoms with Gasteiger partial charge in [0, 0.05) is 6.54 Å². The Morgan fingerprint density at radius 3 is 2.90 bits per heavy atom. The molecule has 116 valence electrons. The summed E-state index contributed by atoms with van der Waals surface area (Å²) in [4.78, 5) is 18.1. The number of hydrogen-bond donors (Lipinski definition) is 2. The third kappa shape index (κ3) is 4.32. The number of methoxy groups -OCH3 is 1. The smallest absolute Gasteiger partial charge is 0.340 e. The van der Waals surface area contributed by atoms with E-state index in [1.807, 2.05) is 0 Å². The van der Waals surface area contributed by atoms with Crippen molar-refractivity contribution in [2.75, 3.05) is 44.8 Å². The number of ether oxygens (including phenoxy) is 1. The highest BCUT2D eigenvalue weighted by molar-refractivity contribution is 5.95. The Morgan fingerprint density at radius 1 is 1.52 bits per heavy atom. The largest absolute Gasteiger partial charge is 0.465 e. The molecule has 0 saturated carbocycles. The van der Waals surface area contributed by atoms with Crippen LogP contribution in [-0.4, -0.2) is 49.6 Å². The maximum atomic E-state index is 11.6. The van der Waals surface area contributed by atoms with Gasteiger partial charge in [0.2, 0.25) is 0 Å². The molecule has 6 nitrogen and oxygen atoms in total. The Kier molecular flexibility index (Phi) is 5.38. The summed E-state index contributed by atoms with van der Waals surface area (Å²) in [5.41, 5.74) is 6.42. The van der Waals surface area contributed by atoms with E-state index in [0.29, 0.717) is 17.1 Å². The van der Waals surface area contributed by atoms with Crippen LogP contribution < -0.4 is 11.1 Å². The van der Waals surface area contributed by atoms with Crippen LogP contribution in [0.1, 0.15) is 29.6 Å². The first kappa shape index (κ1) is 15.6. The second-order valence-corrected chi connectivity index (χ2v) is 5.61. The van der Waals surface area contributed by atoms with Crippen LogP contribution in [0.5, 0.6) is 0 Å². The zero-order valence-corrected chi connectivity index (χ0v) is 12.8. The Labute approximate surface area is 125 Å². The molecule has 1 aromatic rings. The highest BCUT2D eigenvalue weighted by Crippen LogP contribution is 2.20. The van der Waals surface area contributed by atoms with Crippen molar-refractivity contribution in [1.82, 2.24) is 9.88 Å². The van der Waals surface area contributed by atoms with Gasteiger partial charge in [0.1, 0.15) is 5.82 Å². The lowest BCUT2D eigenvalue weighted by atomic mass is 9.94. The summed E-state index contributed by atoms with van der Waals surface area (Å²) in [6.07, 6.45) is 5.11. The summed E-state index contributed by atoms with van der Waals surface area (Å²) < 4.78 is 4.70. The molecule has 3 N–H and O–H groups in total. The van der Waals surface area contributed by atoms with Gasteiger partial charge in [-0.2, -0.15) is 0 Å². The molecule has 6 heteroatoms. The van der Waals surface area contributed by atoms with Crippen molar-refractivity contribution in [2.45, 2.75) is 19.3 Å². The fourth-order valence-corrected chi connectivity index (χ4v) is 2.60. The second kappa shape index (κ2) is 7.26. The van der Waals surface area contributed by atoms with E-state index in [0.717, 1.165) is 18.9 Å². The van der Waals surface area contributed by atoms with E-state index in [9.17, 15) is 4.79 Å². The molecule has 0 unspecified atom stereocenters. The van der Waals surface area contributed by atoms with Gasteiger partial charge in [0.25, 0.3) is 0 Å². The number of carbonyl (C=O) groups is 1. The van der Waals surface area contributed by atoms with Gasteiger partial charge in [-0.25, -0.2) is 9.78 Å². The molecule has 0 spiro atoms. The summed E-state index contributed by atoms with van der Waals surface area (Å²) in [5.74, 6) is 0.994. The molecule has 2 rings (SSSR count). The van der Waals surface area contributed by atoms with Crippen molar-refractivity contribution >= 4 is 17.5 Å². The van der Waals surface area contributed by atoms with Gasteiger partial charge in [-0.15, -0.1) is 0 Å². The van der Waals surface area contributed by atoms with Crippen LogP contribution in [0.25, 0.3) is 0 Å². The maximum absolute atomic E-state index is 11.6. The van der Waals surface area contributed by atoms with Gasteiger partial charge in [-0.05, 0) is 51.4 Å². The predicted octanol–water partition coefficient (Wildman–Crippen LogP) is 1.59. The van der Waals surface area contributed by atoms with Crippen molar-refractivity contribution in [3.8, 4) is 0 Å². The van der Waals surface area contributed by atoms with Crippen molar-refractivity contribution in [3.05, 3.63) is 17.8 Å². The monoisotopic (exact) mass is 292 g/mol. The molecule has 1 saturated heterocycles. The van der Waals surface area contributed by atoms with E-state index in [1.54, 1.807) is 6.07 Å². The number of aromatic nitrogens is 1. The molecule has 0 radical (unpaired) electrons. The molecule has 0 aromatic carbocycles. The minimum atomic E-state index is -0.437. The predicted molar refractivity (Wildman–Crippen MR) is 83.3 cm³/mol. The lowest BCUT2D eigenvalue weighted by Gasteiger charge is -2.28. The van der Waals surface area contributed by atoms with Gasteiger partial charge in [0.05, 0.1) is 24.6 Å². The van der Waals surface area contributed by atoms with E-state index < -0.39 is 5.97 Å². The molecule has 1 fully saturated rings. The Morgan fingerprint density at radius 2 is 2.24 bits per heavy atom. The number of nitrogens with zero attached hydrogens (tertiary/aromatic N) is 2. The number of esters is 1. The summed E-state index contributed by atoms with van der Waals surface area (Å²) in [6, 6.07) is 1.65. The zero-order valence-electron chi connectivity index (χ0n) is 12.8. The lowest BCUT2D eigenvalue weighted by Crippen LogP contribution is -2.30. The minimum absolute atomic E-state index is 0.336. The number of likely N-dealkylation sites (tertiary alicyclic amines) is 1. The average Bonchev–Trinajstić information content (AvgIpc) is 2.50. The first-order chi connectivity index (χ1) is 10.1. The summed E-state index contributed by atoms with van der Waals surface area (Å²) in [5, 5.41) is 3.26. The number of nitrogens with two attached hydrogens (primary N) is 1. The van der Waals surface area contributed by atoms with Crippen molar-refractivity contribution in [1.29, 1.82) is 0 Å². The van der Waals surface area contributed by atoms with Crippen molar-refractivity contribution in [3.63, 3.8) is 0 Å². The third-order valence-corrected chi connectivity index (χ3v) is 4.04. The molecule has 1 aliphatic rings. The average molecular weight is 292 g/mol. The lowest BCUT2D eigenvalue weighted by molar-refractivity contribution is 0.0602. The summed E-state index contributed by atoms with van der Waals surface area (Å²) in [6.45, 7) is 3.21. The summed E-state index contributed by atoms with van der Waals surface area (Å²) >= 11 is 0. The molecule has 0 amide bonds. The van der Waals surface area contributed by atoms with Crippen LogP contribution in [0.2, 0.25) is 0 Å². The first-order valence-electron chi connectivity index (χ1n) is 7.36. The molecular formula is C15H24N4O2. The summed E-state index contributed by atoms with van der Waals surface area (Å²) in [7, 11) is 3.51.